The molecule has 2 saturated heterocycles. The average Bonchev–Trinajstić information content (AvgIpc) is 2.08. The molecule has 0 unspecified atom stereocenters. The van der Waals surface area contributed by atoms with Gasteiger partial charge in [-0.3, -0.25) is 9.80 Å². The van der Waals surface area contributed by atoms with Gasteiger partial charge in [-0.1, -0.05) is 52.5 Å². The maximum absolute atomic E-state index is 16.1. The van der Waals surface area contributed by atoms with Gasteiger partial charge >= 0.3 is 12.1 Å². The van der Waals surface area contributed by atoms with Crippen LogP contribution in [0.1, 0.15) is 73.0 Å². The van der Waals surface area contributed by atoms with E-state index in [4.69, 9.17) is 74.8 Å². The maximum atomic E-state index is 16.1. The Bertz CT molecular complexity index is 3340. The second-order valence-electron chi connectivity index (χ2n) is 23.5. The number of carbonyl (C=O) groups is 2. The molecule has 4 aromatic carbocycles. The second-order valence-corrected chi connectivity index (χ2v) is 28.7. The van der Waals surface area contributed by atoms with Crippen LogP contribution in [0.15, 0.2) is 70.5 Å². The van der Waals surface area contributed by atoms with Gasteiger partial charge in [0.05, 0.1) is 69.8 Å². The van der Waals surface area contributed by atoms with Gasteiger partial charge in [0.2, 0.25) is 20.0 Å². The molecular weight excluding hydrogens is 1320 g/mol. The van der Waals surface area contributed by atoms with Crippen molar-refractivity contribution in [2.24, 2.45) is 0 Å². The molecule has 4 aliphatic rings. The highest BCUT2D eigenvalue weighted by atomic mass is 35.5. The Morgan fingerprint density at radius 2 is 1.00 bits per heavy atom. The van der Waals surface area contributed by atoms with Crippen molar-refractivity contribution in [3.05, 3.63) is 115 Å². The summed E-state index contributed by atoms with van der Waals surface area (Å²) in [4.78, 5) is 32.7. The van der Waals surface area contributed by atoms with Crippen LogP contribution in [-0.4, -0.2) is 219 Å². The molecule has 0 bridgehead atoms. The lowest BCUT2D eigenvalue weighted by Gasteiger charge is -2.41. The lowest BCUT2D eigenvalue weighted by Crippen LogP contribution is -2.51. The normalized spacial score (nSPS) is 20.3. The van der Waals surface area contributed by atoms with Crippen LogP contribution in [0.3, 0.4) is 0 Å². The molecule has 2 aliphatic carbocycles. The number of hydrogen-bond acceptors (Lipinski definition) is 16. The third-order valence-corrected chi connectivity index (χ3v) is 20.8. The molecule has 22 nitrogen and oxygen atoms in total. The minimum atomic E-state index is -4.29. The molecule has 2 fully saturated rings. The predicted octanol–water partition coefficient (Wildman–Crippen LogP) is 7.42. The summed E-state index contributed by atoms with van der Waals surface area (Å²) >= 11 is 26.2. The van der Waals surface area contributed by atoms with E-state index < -0.39 is 48.8 Å². The molecule has 92 heavy (non-hydrogen) atoms. The van der Waals surface area contributed by atoms with Crippen molar-refractivity contribution >= 4 is 78.5 Å². The summed E-state index contributed by atoms with van der Waals surface area (Å²) in [5, 5.41) is 12.8. The van der Waals surface area contributed by atoms with Crippen LogP contribution in [0, 0.1) is 11.6 Å². The third kappa shape index (κ3) is 20.8. The van der Waals surface area contributed by atoms with Gasteiger partial charge < -0.3 is 59.5 Å². The van der Waals surface area contributed by atoms with Gasteiger partial charge in [0.1, 0.15) is 17.1 Å². The largest absolute Gasteiger partial charge is 0.481 e. The van der Waals surface area contributed by atoms with Gasteiger partial charge in [-0.25, -0.2) is 44.6 Å². The van der Waals surface area contributed by atoms with Crippen molar-refractivity contribution in [3.63, 3.8) is 0 Å². The molecule has 0 aromatic heterocycles. The number of unbranched alkanes of at least 4 members (excludes halogenated alkanes) is 1. The van der Waals surface area contributed by atoms with E-state index in [1.807, 2.05) is 6.07 Å². The quantitative estimate of drug-likeness (QED) is 0.0246. The molecule has 510 valence electrons. The predicted molar refractivity (Wildman–Crippen MR) is 350 cm³/mol. The molecule has 2 aliphatic heterocycles. The maximum Gasteiger partial charge on any atom is 0.314 e. The zero-order chi connectivity index (χ0) is 66.0. The Morgan fingerprint density at radius 3 is 1.47 bits per heavy atom. The molecule has 4 amide bonds. The highest BCUT2D eigenvalue weighted by molar-refractivity contribution is 7.89. The molecule has 6 atom stereocenters. The number of nitrogens with one attached hydrogen (secondary N) is 6. The number of carbonyl (C=O) groups excluding carboxylic acids is 2. The lowest BCUT2D eigenvalue weighted by atomic mass is 10.0. The molecule has 8 rings (SSSR count). The number of sulfonamides is 2. The Hall–Kier alpha value is -4.46. The standard InChI is InChI=1S/C62H86Cl4F2N10O12S2/c1-75(2)43-10-8-22-77(39-43)53-37-46-48(32-41(63)34-50(46)65)59(53)89-55-15-14-45(36-52(55)67)91(81,82)73-20-26-87-30-28-85-24-18-71-61(79)69-16-5-6-17-70-62(80)72-19-25-86-29-31-88-27-21-74-92(83,84)57-13-7-12-56(58(57)68)90-60-49-33-42(64)35-51(66)47(49)38-54(60)78-23-9-11-44(40-78)76(3)4/h7,12-15,32-36,43-44,53-54,59-60,73-74H,5-6,8-11,16-31,37-40H2,1-4H3,(H2,69,71,79)(H2,70,72,80)/t43-,44-,53+,54+,59+,60+/m1/s1. The number of urea groups is 2. The first-order chi connectivity index (χ1) is 44.1. The number of benzene rings is 4. The fraction of sp³-hybridized carbons (Fsp3) is 0.581. The van der Waals surface area contributed by atoms with Gasteiger partial charge in [-0.05, 0) is 158 Å². The molecule has 30 heteroatoms. The van der Waals surface area contributed by atoms with Gasteiger partial charge in [-0.2, -0.15) is 0 Å². The number of nitrogens with zero attached hydrogens (tertiary/aromatic N) is 4. The van der Waals surface area contributed by atoms with Crippen molar-refractivity contribution in [1.29, 1.82) is 0 Å². The number of likely N-dealkylation sites (tertiary alicyclic amines) is 2. The topological polar surface area (TPSA) is 243 Å². The first kappa shape index (κ1) is 73.4. The molecule has 4 aromatic rings. The van der Waals surface area contributed by atoms with E-state index in [0.717, 1.165) is 80.2 Å². The average molecular weight is 1410 g/mol. The van der Waals surface area contributed by atoms with E-state index in [2.05, 4.69) is 78.5 Å². The van der Waals surface area contributed by atoms with Gasteiger partial charge in [0, 0.05) is 95.7 Å². The number of hydrogen-bond donors (Lipinski definition) is 6. The highest BCUT2D eigenvalue weighted by Crippen LogP contribution is 2.46. The Kier molecular flexibility index (Phi) is 28.3. The minimum absolute atomic E-state index is 0.00584. The smallest absolute Gasteiger partial charge is 0.314 e. The van der Waals surface area contributed by atoms with Crippen LogP contribution >= 0.6 is 46.4 Å². The number of rotatable bonds is 35. The van der Waals surface area contributed by atoms with E-state index in [0.29, 0.717) is 70.9 Å². The van der Waals surface area contributed by atoms with E-state index in [1.54, 1.807) is 18.2 Å². The number of amides is 4. The van der Waals surface area contributed by atoms with Crippen molar-refractivity contribution in [2.45, 2.75) is 97.5 Å². The fourth-order valence-electron chi connectivity index (χ4n) is 11.9. The van der Waals surface area contributed by atoms with Crippen molar-refractivity contribution in [2.75, 3.05) is 146 Å². The summed E-state index contributed by atoms with van der Waals surface area (Å²) < 4.78 is 124. The third-order valence-electron chi connectivity index (χ3n) is 16.8. The van der Waals surface area contributed by atoms with E-state index >= 15 is 8.78 Å². The highest BCUT2D eigenvalue weighted by Gasteiger charge is 2.44. The molecular formula is C62H86Cl4F2N10O12S2. The second kappa shape index (κ2) is 35.5. The summed E-state index contributed by atoms with van der Waals surface area (Å²) in [5.41, 5.74) is 3.32. The van der Waals surface area contributed by atoms with Crippen LogP contribution in [-0.2, 0) is 51.8 Å². The number of ether oxygens (including phenoxy) is 6. The molecule has 0 saturated carbocycles. The van der Waals surface area contributed by atoms with Gasteiger partial charge in [0.25, 0.3) is 0 Å². The van der Waals surface area contributed by atoms with Gasteiger partial charge in [-0.15, -0.1) is 0 Å². The van der Waals surface area contributed by atoms with Crippen LogP contribution in [0.2, 0.25) is 20.1 Å². The Morgan fingerprint density at radius 1 is 0.554 bits per heavy atom. The van der Waals surface area contributed by atoms with Gasteiger partial charge in [0.15, 0.2) is 23.1 Å². The Labute approximate surface area is 559 Å². The number of halogens is 6. The lowest BCUT2D eigenvalue weighted by molar-refractivity contribution is 0.0363. The van der Waals surface area contributed by atoms with Crippen LogP contribution < -0.4 is 40.2 Å². The summed E-state index contributed by atoms with van der Waals surface area (Å²) in [6.07, 6.45) is 5.29. The molecule has 0 radical (unpaired) electrons. The summed E-state index contributed by atoms with van der Waals surface area (Å²) in [7, 11) is -0.143. The van der Waals surface area contributed by atoms with Crippen LogP contribution in [0.25, 0.3) is 0 Å². The zero-order valence-corrected chi connectivity index (χ0v) is 57.1. The minimum Gasteiger partial charge on any atom is -0.481 e. The van der Waals surface area contributed by atoms with E-state index in [-0.39, 0.29) is 120 Å². The monoisotopic (exact) mass is 1400 g/mol. The number of piperidine rings is 2. The summed E-state index contributed by atoms with van der Waals surface area (Å²) in [5.74, 6) is -2.12. The fourth-order valence-corrected chi connectivity index (χ4v) is 15.2. The van der Waals surface area contributed by atoms with Crippen LogP contribution in [0.5, 0.6) is 11.5 Å². The summed E-state index contributed by atoms with van der Waals surface area (Å²) in [6.45, 7) is 5.47. The van der Waals surface area contributed by atoms with Crippen LogP contribution in [0.4, 0.5) is 18.4 Å². The zero-order valence-electron chi connectivity index (χ0n) is 52.4. The molecule has 0 spiro atoms. The molecule has 2 heterocycles. The first-order valence-corrected chi connectivity index (χ1v) is 35.6. The number of likely N-dealkylation sites (N-methyl/N-ethyl adjacent to an activating group) is 2. The molecule has 6 N–H and O–H groups in total. The summed E-state index contributed by atoms with van der Waals surface area (Å²) in [6, 6.07) is 14.2. The van der Waals surface area contributed by atoms with Crippen molar-refractivity contribution in [1.82, 2.24) is 50.3 Å². The van der Waals surface area contributed by atoms with Crippen molar-refractivity contribution in [3.8, 4) is 11.5 Å². The number of fused-ring (bicyclic) bond motifs is 2. The first-order valence-electron chi connectivity index (χ1n) is 31.1. The van der Waals surface area contributed by atoms with Crippen molar-refractivity contribution < 1.29 is 63.6 Å². The van der Waals surface area contributed by atoms with E-state index in [9.17, 15) is 26.4 Å². The SMILES string of the molecule is CN(C)[C@@H]1CCCN([C@H]2Cc3c(Cl)cc(Cl)cc3[C@@H]2Oc2ccc(S(=O)(=O)NCCOCCOCCNC(=O)NCCCCNC(=O)NCCOCCOCCNS(=O)(=O)c3cccc(O[C@H]4c5cc(Cl)cc(Cl)c5C[C@@H]4N4CCC[C@@H](N(C)C)C4)c3F)cc2F)C1. The van der Waals surface area contributed by atoms with E-state index in [1.165, 1.54) is 30.3 Å². The Balaban J connectivity index is 0.605.